The Bertz CT molecular complexity index is 882. The largest absolute Gasteiger partial charge is 0.497 e. The number of pyridine rings is 1. The molecule has 8 heteroatoms. The van der Waals surface area contributed by atoms with Crippen LogP contribution in [0.5, 0.6) is 11.6 Å². The molecule has 0 atom stereocenters. The average molecular weight is 419 g/mol. The van der Waals surface area contributed by atoms with Crippen molar-refractivity contribution >= 4 is 29.0 Å². The van der Waals surface area contributed by atoms with E-state index < -0.39 is 0 Å². The van der Waals surface area contributed by atoms with Crippen LogP contribution in [0, 0.1) is 6.92 Å². The molecule has 0 saturated carbocycles. The fourth-order valence-corrected chi connectivity index (χ4v) is 3.67. The first-order valence-corrected chi connectivity index (χ1v) is 10.0. The van der Waals surface area contributed by atoms with Gasteiger partial charge in [-0.15, -0.1) is 0 Å². The Morgan fingerprint density at radius 2 is 1.90 bits per heavy atom. The monoisotopic (exact) mass is 418 g/mol. The molecule has 7 nitrogen and oxygen atoms in total. The number of methoxy groups -OCH3 is 2. The van der Waals surface area contributed by atoms with Crippen molar-refractivity contribution in [3.8, 4) is 11.6 Å². The van der Waals surface area contributed by atoms with E-state index in [4.69, 9.17) is 21.1 Å². The van der Waals surface area contributed by atoms with Crippen molar-refractivity contribution in [1.82, 2.24) is 9.88 Å². The highest BCUT2D eigenvalue weighted by atomic mass is 35.5. The number of nitrogens with one attached hydrogen (secondary N) is 1. The molecule has 0 spiro atoms. The number of urea groups is 1. The molecule has 29 heavy (non-hydrogen) atoms. The maximum atomic E-state index is 12.8. The molecular weight excluding hydrogens is 392 g/mol. The number of hydrogen-bond acceptors (Lipinski definition) is 5. The fraction of sp³-hybridized carbons (Fsp3) is 0.429. The van der Waals surface area contributed by atoms with Crippen molar-refractivity contribution in [2.45, 2.75) is 20.3 Å². The SMILES string of the molecule is CCc1cc(NC(=O)N2CCN(c3cc(OC)ccc3Cl)CC2)c(OC)nc1C. The lowest BCUT2D eigenvalue weighted by atomic mass is 10.1. The molecular formula is C21H27ClN4O3. The predicted octanol–water partition coefficient (Wildman–Crippen LogP) is 3.98. The summed E-state index contributed by atoms with van der Waals surface area (Å²) in [6.07, 6.45) is 0.839. The van der Waals surface area contributed by atoms with Crippen LogP contribution in [0.1, 0.15) is 18.2 Å². The third kappa shape index (κ3) is 4.67. The highest BCUT2D eigenvalue weighted by Crippen LogP contribution is 2.31. The molecule has 0 aliphatic carbocycles. The van der Waals surface area contributed by atoms with Gasteiger partial charge in [-0.25, -0.2) is 9.78 Å². The van der Waals surface area contributed by atoms with Gasteiger partial charge in [0.15, 0.2) is 0 Å². The number of halogens is 1. The summed E-state index contributed by atoms with van der Waals surface area (Å²) in [4.78, 5) is 21.2. The Hall–Kier alpha value is -2.67. The van der Waals surface area contributed by atoms with Gasteiger partial charge in [0.2, 0.25) is 5.88 Å². The topological polar surface area (TPSA) is 66.9 Å². The normalized spacial score (nSPS) is 14.0. The molecule has 1 aliphatic heterocycles. The Balaban J connectivity index is 1.67. The number of anilines is 2. The first-order chi connectivity index (χ1) is 14.0. The minimum absolute atomic E-state index is 0.160. The minimum Gasteiger partial charge on any atom is -0.497 e. The molecule has 1 aliphatic rings. The van der Waals surface area contributed by atoms with Crippen LogP contribution < -0.4 is 19.7 Å². The van der Waals surface area contributed by atoms with Gasteiger partial charge in [-0.3, -0.25) is 0 Å². The molecule has 3 rings (SSSR count). The van der Waals surface area contributed by atoms with Gasteiger partial charge >= 0.3 is 6.03 Å². The predicted molar refractivity (Wildman–Crippen MR) is 116 cm³/mol. The smallest absolute Gasteiger partial charge is 0.322 e. The van der Waals surface area contributed by atoms with Gasteiger partial charge in [0.05, 0.1) is 24.9 Å². The summed E-state index contributed by atoms with van der Waals surface area (Å²) < 4.78 is 10.6. The molecule has 1 saturated heterocycles. The Morgan fingerprint density at radius 3 is 2.52 bits per heavy atom. The van der Waals surface area contributed by atoms with Gasteiger partial charge in [-0.2, -0.15) is 0 Å². The van der Waals surface area contributed by atoms with E-state index in [-0.39, 0.29) is 6.03 Å². The number of amides is 2. The second-order valence-electron chi connectivity index (χ2n) is 6.86. The van der Waals surface area contributed by atoms with Crippen molar-refractivity contribution in [3.05, 3.63) is 40.5 Å². The molecule has 0 bridgehead atoms. The van der Waals surface area contributed by atoms with Crippen molar-refractivity contribution in [3.63, 3.8) is 0 Å². The second kappa shape index (κ2) is 9.22. The van der Waals surface area contributed by atoms with Crippen molar-refractivity contribution < 1.29 is 14.3 Å². The van der Waals surface area contributed by atoms with E-state index in [1.54, 1.807) is 19.1 Å². The summed E-state index contributed by atoms with van der Waals surface area (Å²) in [6, 6.07) is 7.37. The molecule has 2 amide bonds. The number of ether oxygens (including phenoxy) is 2. The van der Waals surface area contributed by atoms with Gasteiger partial charge in [-0.05, 0) is 37.1 Å². The first-order valence-electron chi connectivity index (χ1n) is 9.65. The van der Waals surface area contributed by atoms with Crippen LogP contribution in [0.15, 0.2) is 24.3 Å². The summed E-state index contributed by atoms with van der Waals surface area (Å²) in [7, 11) is 3.19. The number of carbonyl (C=O) groups excluding carboxylic acids is 1. The number of nitrogens with zero attached hydrogens (tertiary/aromatic N) is 3. The standard InChI is InChI=1S/C21H27ClN4O3/c1-5-15-12-18(20(29-4)23-14(15)2)24-21(27)26-10-8-25(9-11-26)19-13-16(28-3)6-7-17(19)22/h6-7,12-13H,5,8-11H2,1-4H3,(H,24,27). The van der Waals surface area contributed by atoms with E-state index in [9.17, 15) is 4.79 Å². The molecule has 1 aromatic carbocycles. The summed E-state index contributed by atoms with van der Waals surface area (Å²) in [5.74, 6) is 1.19. The van der Waals surface area contributed by atoms with Gasteiger partial charge in [0.25, 0.3) is 0 Å². The van der Waals surface area contributed by atoms with Crippen LogP contribution >= 0.6 is 11.6 Å². The Labute approximate surface area is 176 Å². The molecule has 0 unspecified atom stereocenters. The van der Waals surface area contributed by atoms with Gasteiger partial charge in [0.1, 0.15) is 11.4 Å². The summed E-state index contributed by atoms with van der Waals surface area (Å²) in [5, 5.41) is 3.62. The average Bonchev–Trinajstić information content (AvgIpc) is 2.75. The number of piperazine rings is 1. The van der Waals surface area contributed by atoms with E-state index in [0.717, 1.165) is 29.1 Å². The van der Waals surface area contributed by atoms with Crippen LogP contribution in [0.3, 0.4) is 0 Å². The Morgan fingerprint density at radius 1 is 1.17 bits per heavy atom. The van der Waals surface area contributed by atoms with Crippen LogP contribution in [0.2, 0.25) is 5.02 Å². The number of aryl methyl sites for hydroxylation is 2. The zero-order chi connectivity index (χ0) is 21.0. The lowest BCUT2D eigenvalue weighted by molar-refractivity contribution is 0.208. The fourth-order valence-electron chi connectivity index (χ4n) is 3.43. The number of rotatable bonds is 5. The number of aromatic nitrogens is 1. The van der Waals surface area contributed by atoms with E-state index in [0.29, 0.717) is 42.8 Å². The molecule has 156 valence electrons. The summed E-state index contributed by atoms with van der Waals surface area (Å²) in [5.41, 5.74) is 3.51. The third-order valence-electron chi connectivity index (χ3n) is 5.16. The number of hydrogen-bond donors (Lipinski definition) is 1. The van der Waals surface area contributed by atoms with Crippen molar-refractivity contribution in [2.24, 2.45) is 0 Å². The second-order valence-corrected chi connectivity index (χ2v) is 7.27. The molecule has 2 heterocycles. The highest BCUT2D eigenvalue weighted by molar-refractivity contribution is 6.33. The zero-order valence-corrected chi connectivity index (χ0v) is 18.0. The van der Waals surface area contributed by atoms with Crippen LogP contribution in [0.25, 0.3) is 0 Å². The lowest BCUT2D eigenvalue weighted by Crippen LogP contribution is -2.50. The summed E-state index contributed by atoms with van der Waals surface area (Å²) >= 11 is 6.36. The van der Waals surface area contributed by atoms with Gasteiger partial charge in [-0.1, -0.05) is 18.5 Å². The third-order valence-corrected chi connectivity index (χ3v) is 5.48. The van der Waals surface area contributed by atoms with E-state index in [1.165, 1.54) is 0 Å². The van der Waals surface area contributed by atoms with Crippen molar-refractivity contribution in [2.75, 3.05) is 50.6 Å². The van der Waals surface area contributed by atoms with Gasteiger partial charge in [0, 0.05) is 37.9 Å². The summed E-state index contributed by atoms with van der Waals surface area (Å²) in [6.45, 7) is 6.54. The van der Waals surface area contributed by atoms with Crippen molar-refractivity contribution in [1.29, 1.82) is 0 Å². The Kier molecular flexibility index (Phi) is 6.69. The van der Waals surface area contributed by atoms with Crippen LogP contribution in [-0.2, 0) is 6.42 Å². The molecule has 1 N–H and O–H groups in total. The zero-order valence-electron chi connectivity index (χ0n) is 17.3. The molecule has 1 fully saturated rings. The first kappa shape index (κ1) is 21.0. The number of carbonyl (C=O) groups is 1. The quantitative estimate of drug-likeness (QED) is 0.795. The molecule has 2 aromatic rings. The van der Waals surface area contributed by atoms with E-state index >= 15 is 0 Å². The van der Waals surface area contributed by atoms with E-state index in [2.05, 4.69) is 22.1 Å². The van der Waals surface area contributed by atoms with Gasteiger partial charge < -0.3 is 24.6 Å². The minimum atomic E-state index is -0.160. The maximum absolute atomic E-state index is 12.8. The molecule has 1 aromatic heterocycles. The highest BCUT2D eigenvalue weighted by Gasteiger charge is 2.24. The van der Waals surface area contributed by atoms with Crippen LogP contribution in [-0.4, -0.2) is 56.3 Å². The number of benzene rings is 1. The van der Waals surface area contributed by atoms with Crippen LogP contribution in [0.4, 0.5) is 16.2 Å². The van der Waals surface area contributed by atoms with E-state index in [1.807, 2.05) is 31.2 Å². The maximum Gasteiger partial charge on any atom is 0.322 e. The lowest BCUT2D eigenvalue weighted by Gasteiger charge is -2.36. The molecule has 0 radical (unpaired) electrons.